The fraction of sp³-hybridized carbons (Fsp3) is 0. The molecule has 1 aliphatic carbocycles. The van der Waals surface area contributed by atoms with Crippen molar-refractivity contribution >= 4 is 32.6 Å². The van der Waals surface area contributed by atoms with Crippen LogP contribution in [-0.4, -0.2) is 14.8 Å². The molecule has 4 heteroatoms. The van der Waals surface area contributed by atoms with Crippen LogP contribution in [-0.2, 0) is 0 Å². The second-order valence-electron chi connectivity index (χ2n) is 10.2. The third-order valence-corrected chi connectivity index (χ3v) is 8.12. The number of benzene rings is 6. The van der Waals surface area contributed by atoms with E-state index in [-0.39, 0.29) is 0 Å². The van der Waals surface area contributed by atoms with Crippen LogP contribution in [0.1, 0.15) is 0 Å². The molecule has 6 aromatic carbocycles. The Morgan fingerprint density at radius 2 is 1.10 bits per heavy atom. The molecule has 0 saturated heterocycles. The first-order chi connectivity index (χ1) is 19.9. The number of aromatic nitrogens is 3. The van der Waals surface area contributed by atoms with E-state index >= 15 is 0 Å². The van der Waals surface area contributed by atoms with Crippen LogP contribution in [0.25, 0.3) is 83.4 Å². The summed E-state index contributed by atoms with van der Waals surface area (Å²) in [4.78, 5) is 0. The molecule has 0 N–H and O–H groups in total. The molecule has 8 aromatic rings. The van der Waals surface area contributed by atoms with Gasteiger partial charge in [0, 0.05) is 33.0 Å². The summed E-state index contributed by atoms with van der Waals surface area (Å²) in [5.74, 6) is 1.04. The zero-order valence-electron chi connectivity index (χ0n) is 21.4. The summed E-state index contributed by atoms with van der Waals surface area (Å²) in [6, 6.07) is 44.7. The van der Waals surface area contributed by atoms with Gasteiger partial charge in [0.25, 0.3) is 0 Å². The van der Waals surface area contributed by atoms with Crippen molar-refractivity contribution in [3.8, 4) is 50.8 Å². The molecule has 0 atom stereocenters. The van der Waals surface area contributed by atoms with Crippen molar-refractivity contribution in [3.63, 3.8) is 0 Å². The first kappa shape index (κ1) is 21.5. The standard InChI is InChI=1S/C36H21N3O/c1-2-10-23(11-3-1)35-37-38-36(40-35)28-20-21-31(34-27-17-9-13-22-12-8-16-26(32(22)27)33(28)34)39-29-18-6-4-14-24(29)25-15-5-7-19-30(25)39/h1-21H. The number of rotatable bonds is 3. The summed E-state index contributed by atoms with van der Waals surface area (Å²) in [6.45, 7) is 0. The minimum atomic E-state index is 0.518. The summed E-state index contributed by atoms with van der Waals surface area (Å²) in [6.07, 6.45) is 0. The molecule has 1 aliphatic rings. The minimum Gasteiger partial charge on any atom is -0.416 e. The summed E-state index contributed by atoms with van der Waals surface area (Å²) >= 11 is 0. The van der Waals surface area contributed by atoms with Crippen molar-refractivity contribution in [1.29, 1.82) is 0 Å². The molecule has 0 unspecified atom stereocenters. The Kier molecular flexibility index (Phi) is 4.30. The number of nitrogens with zero attached hydrogens (tertiary/aromatic N) is 3. The molecular formula is C36H21N3O. The molecule has 2 heterocycles. The molecule has 0 radical (unpaired) electrons. The third-order valence-electron chi connectivity index (χ3n) is 8.12. The molecule has 9 rings (SSSR count). The molecule has 0 saturated carbocycles. The van der Waals surface area contributed by atoms with Crippen molar-refractivity contribution < 1.29 is 4.42 Å². The number of hydrogen-bond acceptors (Lipinski definition) is 3. The van der Waals surface area contributed by atoms with Gasteiger partial charge in [-0.25, -0.2) is 0 Å². The Morgan fingerprint density at radius 1 is 0.475 bits per heavy atom. The largest absolute Gasteiger partial charge is 0.416 e. The van der Waals surface area contributed by atoms with Gasteiger partial charge in [0.15, 0.2) is 0 Å². The second kappa shape index (κ2) is 8.01. The SMILES string of the molecule is c1ccc(-c2nnc(-c3ccc(-n4c5ccccc5c5ccccc54)c4c3-c3cccc5cccc-4c35)o2)cc1. The Bertz CT molecular complexity index is 2220. The zero-order valence-corrected chi connectivity index (χ0v) is 21.4. The third kappa shape index (κ3) is 2.85. The van der Waals surface area contributed by atoms with E-state index in [0.29, 0.717) is 11.8 Å². The molecule has 40 heavy (non-hydrogen) atoms. The highest BCUT2D eigenvalue weighted by molar-refractivity contribution is 6.20. The summed E-state index contributed by atoms with van der Waals surface area (Å²) in [5.41, 5.74) is 10.1. The van der Waals surface area contributed by atoms with Gasteiger partial charge in [-0.15, -0.1) is 10.2 Å². The van der Waals surface area contributed by atoms with Crippen LogP contribution < -0.4 is 0 Å². The molecule has 0 amide bonds. The summed E-state index contributed by atoms with van der Waals surface area (Å²) in [5, 5.41) is 13.9. The maximum atomic E-state index is 6.32. The highest BCUT2D eigenvalue weighted by Gasteiger charge is 2.30. The quantitative estimate of drug-likeness (QED) is 0.237. The van der Waals surface area contributed by atoms with Gasteiger partial charge in [0.2, 0.25) is 11.8 Å². The van der Waals surface area contributed by atoms with Crippen molar-refractivity contribution in [2.75, 3.05) is 0 Å². The molecule has 0 fully saturated rings. The first-order valence-electron chi connectivity index (χ1n) is 13.4. The highest BCUT2D eigenvalue weighted by Crippen LogP contribution is 2.54. The van der Waals surface area contributed by atoms with Crippen LogP contribution in [0.3, 0.4) is 0 Å². The van der Waals surface area contributed by atoms with Crippen LogP contribution in [0, 0.1) is 0 Å². The lowest BCUT2D eigenvalue weighted by molar-refractivity contribution is 0.585. The van der Waals surface area contributed by atoms with Gasteiger partial charge in [0.05, 0.1) is 16.7 Å². The van der Waals surface area contributed by atoms with E-state index in [4.69, 9.17) is 4.42 Å². The smallest absolute Gasteiger partial charge is 0.248 e. The first-order valence-corrected chi connectivity index (χ1v) is 13.4. The van der Waals surface area contributed by atoms with Gasteiger partial charge >= 0.3 is 0 Å². The number of hydrogen-bond donors (Lipinski definition) is 0. The predicted octanol–water partition coefficient (Wildman–Crippen LogP) is 9.30. The Hall–Kier alpha value is -5.48. The molecule has 186 valence electrons. The Labute approximate surface area is 229 Å². The average molecular weight is 512 g/mol. The number of fused-ring (bicyclic) bond motifs is 6. The van der Waals surface area contributed by atoms with E-state index in [1.165, 1.54) is 49.3 Å². The van der Waals surface area contributed by atoms with Gasteiger partial charge in [-0.2, -0.15) is 0 Å². The average Bonchev–Trinajstić information content (AvgIpc) is 3.73. The lowest BCUT2D eigenvalue weighted by atomic mass is 9.96. The van der Waals surface area contributed by atoms with Gasteiger partial charge in [-0.05, 0) is 58.3 Å². The van der Waals surface area contributed by atoms with E-state index in [0.717, 1.165) is 22.4 Å². The lowest BCUT2D eigenvalue weighted by Crippen LogP contribution is -1.98. The zero-order chi connectivity index (χ0) is 26.2. The lowest BCUT2D eigenvalue weighted by Gasteiger charge is -2.16. The maximum absolute atomic E-state index is 6.32. The Morgan fingerprint density at radius 3 is 1.82 bits per heavy atom. The van der Waals surface area contributed by atoms with E-state index < -0.39 is 0 Å². The summed E-state index contributed by atoms with van der Waals surface area (Å²) in [7, 11) is 0. The van der Waals surface area contributed by atoms with Crippen LogP contribution in [0.5, 0.6) is 0 Å². The fourth-order valence-corrected chi connectivity index (χ4v) is 6.48. The molecular weight excluding hydrogens is 490 g/mol. The number of para-hydroxylation sites is 2. The van der Waals surface area contributed by atoms with Crippen LogP contribution >= 0.6 is 0 Å². The van der Waals surface area contributed by atoms with Crippen molar-refractivity contribution in [3.05, 3.63) is 127 Å². The van der Waals surface area contributed by atoms with Crippen LogP contribution in [0.2, 0.25) is 0 Å². The van der Waals surface area contributed by atoms with Crippen molar-refractivity contribution in [2.24, 2.45) is 0 Å². The van der Waals surface area contributed by atoms with E-state index in [9.17, 15) is 0 Å². The van der Waals surface area contributed by atoms with Crippen molar-refractivity contribution in [1.82, 2.24) is 14.8 Å². The molecule has 0 spiro atoms. The van der Waals surface area contributed by atoms with Gasteiger partial charge in [-0.1, -0.05) is 91.0 Å². The van der Waals surface area contributed by atoms with E-state index in [2.05, 4.69) is 112 Å². The molecule has 0 aliphatic heterocycles. The maximum Gasteiger partial charge on any atom is 0.248 e. The van der Waals surface area contributed by atoms with Gasteiger partial charge < -0.3 is 8.98 Å². The highest BCUT2D eigenvalue weighted by atomic mass is 16.4. The summed E-state index contributed by atoms with van der Waals surface area (Å²) < 4.78 is 8.72. The Balaban J connectivity index is 1.39. The molecule has 0 bridgehead atoms. The van der Waals surface area contributed by atoms with Gasteiger partial charge in [0.1, 0.15) is 0 Å². The van der Waals surface area contributed by atoms with E-state index in [1.54, 1.807) is 0 Å². The molecule has 4 nitrogen and oxygen atoms in total. The molecule has 2 aromatic heterocycles. The fourth-order valence-electron chi connectivity index (χ4n) is 6.48. The van der Waals surface area contributed by atoms with E-state index in [1.807, 2.05) is 30.3 Å². The van der Waals surface area contributed by atoms with Gasteiger partial charge in [-0.3, -0.25) is 0 Å². The topological polar surface area (TPSA) is 43.9 Å². The monoisotopic (exact) mass is 511 g/mol. The van der Waals surface area contributed by atoms with Crippen molar-refractivity contribution in [2.45, 2.75) is 0 Å². The van der Waals surface area contributed by atoms with Crippen LogP contribution in [0.15, 0.2) is 132 Å². The van der Waals surface area contributed by atoms with Crippen LogP contribution in [0.4, 0.5) is 0 Å². The predicted molar refractivity (Wildman–Crippen MR) is 161 cm³/mol. The normalized spacial score (nSPS) is 12.0. The second-order valence-corrected chi connectivity index (χ2v) is 10.2. The minimum absolute atomic E-state index is 0.518.